The summed E-state index contributed by atoms with van der Waals surface area (Å²) < 4.78 is 11.3. The van der Waals surface area contributed by atoms with E-state index in [1.165, 1.54) is 12.1 Å². The normalized spacial score (nSPS) is 14.5. The maximum Gasteiger partial charge on any atom is 0.167 e. The van der Waals surface area contributed by atoms with E-state index < -0.39 is 40.6 Å². The highest BCUT2D eigenvalue weighted by molar-refractivity contribution is 6.76. The average Bonchev–Trinajstić information content (AvgIpc) is 3.08. The predicted molar refractivity (Wildman–Crippen MR) is 209 cm³/mol. The molecule has 0 fully saturated rings. The fourth-order valence-corrected chi connectivity index (χ4v) is 7.96. The highest BCUT2D eigenvalue weighted by atomic mass is 28.3. The van der Waals surface area contributed by atoms with Crippen molar-refractivity contribution in [3.63, 3.8) is 0 Å². The quantitative estimate of drug-likeness (QED) is 0.0447. The molecule has 4 unspecified atom stereocenters. The number of aromatic nitrogens is 3. The number of phenolic OH excluding ortho intramolecular Hbond substituents is 2. The molecule has 4 aromatic rings. The van der Waals surface area contributed by atoms with E-state index in [1.54, 1.807) is 24.3 Å². The van der Waals surface area contributed by atoms with E-state index in [0.717, 1.165) is 18.5 Å². The summed E-state index contributed by atoms with van der Waals surface area (Å²) in [5.74, 6) is 0.525. The van der Waals surface area contributed by atoms with Crippen molar-refractivity contribution < 1.29 is 40.1 Å². The molecule has 0 saturated heterocycles. The van der Waals surface area contributed by atoms with E-state index in [9.17, 15) is 30.6 Å². The number of aliphatic hydroxyl groups excluding tert-OH is 4. The first kappa shape index (κ1) is 41.1. The van der Waals surface area contributed by atoms with E-state index in [0.29, 0.717) is 35.7 Å². The third-order valence-corrected chi connectivity index (χ3v) is 12.2. The van der Waals surface area contributed by atoms with Crippen LogP contribution in [-0.2, 0) is 4.74 Å². The van der Waals surface area contributed by atoms with Crippen LogP contribution >= 0.6 is 0 Å². The lowest BCUT2D eigenvalue weighted by Crippen LogP contribution is -2.27. The number of hydrogen-bond donors (Lipinski definition) is 6. The summed E-state index contributed by atoms with van der Waals surface area (Å²) in [6.45, 7) is 14.3. The molecule has 4 atom stereocenters. The number of rotatable bonds is 19. The zero-order chi connectivity index (χ0) is 38.1. The Kier molecular flexibility index (Phi) is 14.5. The van der Waals surface area contributed by atoms with Gasteiger partial charge in [-0.15, -0.1) is 0 Å². The summed E-state index contributed by atoms with van der Waals surface area (Å²) in [5, 5.41) is 64.5. The molecule has 6 N–H and O–H groups in total. The Balaban J connectivity index is 1.52. The van der Waals surface area contributed by atoms with Gasteiger partial charge in [0.25, 0.3) is 0 Å². The van der Waals surface area contributed by atoms with Crippen LogP contribution in [0.3, 0.4) is 0 Å². The molecule has 0 amide bonds. The molecule has 0 spiro atoms. The molecule has 0 aliphatic heterocycles. The molecule has 3 aromatic carbocycles. The van der Waals surface area contributed by atoms with Crippen LogP contribution in [0.1, 0.15) is 30.9 Å². The van der Waals surface area contributed by atoms with Crippen LogP contribution < -0.4 is 4.74 Å². The Morgan fingerprint density at radius 1 is 0.654 bits per heavy atom. The van der Waals surface area contributed by atoms with Crippen LogP contribution in [0.5, 0.6) is 17.2 Å². The van der Waals surface area contributed by atoms with Crippen LogP contribution in [0.15, 0.2) is 66.7 Å². The minimum absolute atomic E-state index is 0.00660. The second-order valence-corrected chi connectivity index (χ2v) is 27.1. The van der Waals surface area contributed by atoms with Gasteiger partial charge in [-0.05, 0) is 42.7 Å². The fourth-order valence-electron chi connectivity index (χ4n) is 5.56. The van der Waals surface area contributed by atoms with Crippen LogP contribution in [0.4, 0.5) is 0 Å². The van der Waals surface area contributed by atoms with Crippen molar-refractivity contribution in [1.29, 1.82) is 0 Å². The van der Waals surface area contributed by atoms with Crippen LogP contribution in [0.25, 0.3) is 34.2 Å². The van der Waals surface area contributed by atoms with E-state index in [2.05, 4.69) is 54.2 Å². The molecule has 11 nitrogen and oxygen atoms in total. The zero-order valence-corrected chi connectivity index (χ0v) is 33.2. The minimum Gasteiger partial charge on any atom is -0.507 e. The number of aromatic hydroxyl groups is 2. The number of phenols is 2. The number of hydrogen-bond acceptors (Lipinski definition) is 11. The summed E-state index contributed by atoms with van der Waals surface area (Å²) in [7, 11) is -2.50. The van der Waals surface area contributed by atoms with E-state index in [-0.39, 0.29) is 53.9 Å². The molecule has 13 heteroatoms. The third-order valence-electron chi connectivity index (χ3n) is 8.56. The van der Waals surface area contributed by atoms with Gasteiger partial charge in [-0.2, -0.15) is 0 Å². The van der Waals surface area contributed by atoms with Gasteiger partial charge in [0.1, 0.15) is 36.1 Å². The van der Waals surface area contributed by atoms with Gasteiger partial charge in [0.05, 0.1) is 29.9 Å². The first-order valence-corrected chi connectivity index (χ1v) is 25.3. The minimum atomic E-state index is -1.37. The lowest BCUT2D eigenvalue weighted by Gasteiger charge is -2.23. The van der Waals surface area contributed by atoms with Gasteiger partial charge in [0.2, 0.25) is 0 Å². The number of ether oxygens (including phenoxy) is 2. The molecule has 0 radical (unpaired) electrons. The Hall–Kier alpha value is -3.70. The van der Waals surface area contributed by atoms with Crippen molar-refractivity contribution in [1.82, 2.24) is 15.0 Å². The van der Waals surface area contributed by atoms with Gasteiger partial charge in [-0.1, -0.05) is 87.8 Å². The second-order valence-electron chi connectivity index (χ2n) is 15.8. The van der Waals surface area contributed by atoms with Crippen LogP contribution in [-0.4, -0.2) is 99.9 Å². The average molecular weight is 750 g/mol. The SMILES string of the molecule is C[Si](C)(C)CCCOCC(O)COc1ccc(-c2nc(-c3ccccc3)nc(-c3ccc(C(O)C(O)CC(O)CC[Si](C)(C)C)cc3O)n2)c(O)c1. The molecule has 1 heterocycles. The van der Waals surface area contributed by atoms with Crippen molar-refractivity contribution in [2.45, 2.75) is 95.0 Å². The van der Waals surface area contributed by atoms with Gasteiger partial charge in [0.15, 0.2) is 17.5 Å². The lowest BCUT2D eigenvalue weighted by atomic mass is 9.97. The topological polar surface area (TPSA) is 179 Å². The largest absolute Gasteiger partial charge is 0.507 e. The Bertz CT molecular complexity index is 1730. The molecule has 282 valence electrons. The smallest absolute Gasteiger partial charge is 0.167 e. The number of aliphatic hydroxyl groups is 4. The van der Waals surface area contributed by atoms with Crippen molar-refractivity contribution in [3.8, 4) is 51.4 Å². The van der Waals surface area contributed by atoms with Crippen molar-refractivity contribution >= 4 is 16.1 Å². The first-order chi connectivity index (χ1) is 24.5. The van der Waals surface area contributed by atoms with Gasteiger partial charge >= 0.3 is 0 Å². The maximum absolute atomic E-state index is 11.1. The van der Waals surface area contributed by atoms with Crippen LogP contribution in [0, 0.1) is 0 Å². The first-order valence-electron chi connectivity index (χ1n) is 17.9. The molecule has 4 rings (SSSR count). The molecular weight excluding hydrogens is 695 g/mol. The highest BCUT2D eigenvalue weighted by Gasteiger charge is 2.25. The Morgan fingerprint density at radius 3 is 1.85 bits per heavy atom. The molecule has 0 saturated carbocycles. The summed E-state index contributed by atoms with van der Waals surface area (Å²) in [5.41, 5.74) is 1.50. The van der Waals surface area contributed by atoms with Crippen molar-refractivity contribution in [3.05, 3.63) is 72.3 Å². The van der Waals surface area contributed by atoms with E-state index in [1.807, 2.05) is 30.3 Å². The van der Waals surface area contributed by atoms with E-state index >= 15 is 0 Å². The van der Waals surface area contributed by atoms with Gasteiger partial charge < -0.3 is 40.1 Å². The molecule has 0 aliphatic rings. The van der Waals surface area contributed by atoms with Crippen molar-refractivity contribution in [2.24, 2.45) is 0 Å². The standard InChI is InChI=1S/C39H55N3O8Si2/c1-51(2,3)19-10-18-49-24-29(44)25-50-30-14-16-32(34(46)23-30)39-41-37(26-11-8-7-9-12-26)40-38(42-39)31-15-13-27(21-33(31)45)36(48)35(47)22-28(43)17-20-52(4,5)6/h7-9,11-16,21,23,28-29,35-36,43-48H,10,17-20,22,24-25H2,1-6H3. The van der Waals surface area contributed by atoms with Gasteiger partial charge in [-0.25, -0.2) is 15.0 Å². The van der Waals surface area contributed by atoms with Gasteiger partial charge in [-0.3, -0.25) is 0 Å². The number of nitrogens with zero attached hydrogens (tertiary/aromatic N) is 3. The number of benzene rings is 3. The lowest BCUT2D eigenvalue weighted by molar-refractivity contribution is -0.0139. The predicted octanol–water partition coefficient (Wildman–Crippen LogP) is 6.64. The fraction of sp³-hybridized carbons (Fsp3) is 0.462. The highest BCUT2D eigenvalue weighted by Crippen LogP contribution is 2.36. The van der Waals surface area contributed by atoms with Gasteiger partial charge in [0, 0.05) is 40.8 Å². The van der Waals surface area contributed by atoms with Crippen molar-refractivity contribution in [2.75, 3.05) is 19.8 Å². The van der Waals surface area contributed by atoms with Crippen LogP contribution in [0.2, 0.25) is 51.4 Å². The monoisotopic (exact) mass is 749 g/mol. The maximum atomic E-state index is 11.1. The summed E-state index contributed by atoms with van der Waals surface area (Å²) in [4.78, 5) is 13.9. The summed E-state index contributed by atoms with van der Waals surface area (Å²) in [6, 6.07) is 20.4. The zero-order valence-electron chi connectivity index (χ0n) is 31.2. The third kappa shape index (κ3) is 12.8. The Labute approximate surface area is 309 Å². The molecular formula is C39H55N3O8Si2. The summed E-state index contributed by atoms with van der Waals surface area (Å²) in [6.07, 6.45) is -2.62. The second kappa shape index (κ2) is 18.4. The van der Waals surface area contributed by atoms with E-state index in [4.69, 9.17) is 9.47 Å². The molecule has 0 bridgehead atoms. The summed E-state index contributed by atoms with van der Waals surface area (Å²) >= 11 is 0. The molecule has 0 aliphatic carbocycles. The molecule has 52 heavy (non-hydrogen) atoms. The Morgan fingerprint density at radius 2 is 1.25 bits per heavy atom. The molecule has 1 aromatic heterocycles.